The van der Waals surface area contributed by atoms with E-state index in [1.54, 1.807) is 7.11 Å². The second-order valence-corrected chi connectivity index (χ2v) is 7.40. The number of piperidine rings is 1. The van der Waals surface area contributed by atoms with Crippen LogP contribution in [-0.4, -0.2) is 48.5 Å². The van der Waals surface area contributed by atoms with Crippen LogP contribution >= 0.6 is 0 Å². The maximum atomic E-state index is 12.4. The summed E-state index contributed by atoms with van der Waals surface area (Å²) >= 11 is 0. The first-order chi connectivity index (χ1) is 14.0. The number of anilines is 1. The Kier molecular flexibility index (Phi) is 6.46. The predicted molar refractivity (Wildman–Crippen MR) is 110 cm³/mol. The predicted octanol–water partition coefficient (Wildman–Crippen LogP) is 3.44. The van der Waals surface area contributed by atoms with Gasteiger partial charge in [0.2, 0.25) is 5.95 Å². The van der Waals surface area contributed by atoms with Gasteiger partial charge in [-0.15, -0.1) is 0 Å². The van der Waals surface area contributed by atoms with Gasteiger partial charge in [0, 0.05) is 18.5 Å². The summed E-state index contributed by atoms with van der Waals surface area (Å²) in [4.78, 5) is 35.6. The highest BCUT2D eigenvalue weighted by Gasteiger charge is 2.30. The third kappa shape index (κ3) is 4.39. The van der Waals surface area contributed by atoms with E-state index < -0.39 is 5.97 Å². The Bertz CT molecular complexity index is 872. The first kappa shape index (κ1) is 20.8. The SMILES string of the molecule is COC(=O)c1c(C=O)nc(N2[C@H](C)CCC[C@@H]2C)nc1Cc1ccc(OC)cc1. The molecule has 2 aromatic rings. The van der Waals surface area contributed by atoms with Gasteiger partial charge in [0.05, 0.1) is 19.9 Å². The van der Waals surface area contributed by atoms with Crippen molar-refractivity contribution in [3.05, 3.63) is 46.8 Å². The molecular weight excluding hydrogens is 370 g/mol. The summed E-state index contributed by atoms with van der Waals surface area (Å²) in [6, 6.07) is 8.05. The molecule has 7 heteroatoms. The zero-order valence-electron chi connectivity index (χ0n) is 17.3. The van der Waals surface area contributed by atoms with E-state index in [0.29, 0.717) is 24.3 Å². The van der Waals surface area contributed by atoms with Crippen molar-refractivity contribution in [2.45, 2.75) is 51.6 Å². The molecule has 1 aromatic carbocycles. The summed E-state index contributed by atoms with van der Waals surface area (Å²) in [5, 5.41) is 0. The first-order valence-corrected chi connectivity index (χ1v) is 9.84. The number of esters is 1. The standard InChI is InChI=1S/C22H27N3O4/c1-14-6-5-7-15(2)25(14)22-23-18(12-16-8-10-17(28-3)11-9-16)20(21(27)29-4)19(13-26)24-22/h8-11,13-15H,5-7,12H2,1-4H3/t14-,15+. The Balaban J connectivity index is 2.09. The largest absolute Gasteiger partial charge is 0.497 e. The molecule has 154 valence electrons. The number of aldehydes is 1. The number of benzene rings is 1. The highest BCUT2D eigenvalue weighted by molar-refractivity contribution is 5.98. The zero-order valence-corrected chi connectivity index (χ0v) is 17.3. The van der Waals surface area contributed by atoms with Gasteiger partial charge in [0.1, 0.15) is 17.0 Å². The van der Waals surface area contributed by atoms with E-state index in [0.717, 1.165) is 30.6 Å². The van der Waals surface area contributed by atoms with Gasteiger partial charge >= 0.3 is 5.97 Å². The molecule has 1 aliphatic rings. The molecule has 1 aliphatic heterocycles. The van der Waals surface area contributed by atoms with Gasteiger partial charge in [-0.3, -0.25) is 4.79 Å². The van der Waals surface area contributed by atoms with Crippen LogP contribution in [-0.2, 0) is 11.2 Å². The molecule has 3 rings (SSSR count). The lowest BCUT2D eigenvalue weighted by atomic mass is 9.98. The normalized spacial score (nSPS) is 19.0. The van der Waals surface area contributed by atoms with E-state index in [4.69, 9.17) is 14.5 Å². The third-order valence-corrected chi connectivity index (χ3v) is 5.46. The molecule has 0 aliphatic carbocycles. The first-order valence-electron chi connectivity index (χ1n) is 9.84. The summed E-state index contributed by atoms with van der Waals surface area (Å²) in [6.07, 6.45) is 4.21. The quantitative estimate of drug-likeness (QED) is 0.545. The average molecular weight is 397 g/mol. The van der Waals surface area contributed by atoms with Crippen LogP contribution < -0.4 is 9.64 Å². The molecule has 0 saturated carbocycles. The molecule has 0 amide bonds. The molecule has 29 heavy (non-hydrogen) atoms. The third-order valence-electron chi connectivity index (χ3n) is 5.46. The van der Waals surface area contributed by atoms with Crippen LogP contribution in [0, 0.1) is 0 Å². The van der Waals surface area contributed by atoms with Gasteiger partial charge in [0.25, 0.3) is 0 Å². The summed E-state index contributed by atoms with van der Waals surface area (Å²) < 4.78 is 10.1. The van der Waals surface area contributed by atoms with Crippen LogP contribution in [0.15, 0.2) is 24.3 Å². The Morgan fingerprint density at radius 3 is 2.34 bits per heavy atom. The molecule has 0 radical (unpaired) electrons. The van der Waals surface area contributed by atoms with Crippen molar-refractivity contribution in [1.29, 1.82) is 0 Å². The number of hydrogen-bond donors (Lipinski definition) is 0. The molecule has 1 aromatic heterocycles. The fourth-order valence-corrected chi connectivity index (χ4v) is 3.92. The Hall–Kier alpha value is -2.96. The lowest BCUT2D eigenvalue weighted by Gasteiger charge is -2.39. The number of carbonyl (C=O) groups is 2. The van der Waals surface area contributed by atoms with Gasteiger partial charge in [-0.25, -0.2) is 14.8 Å². The van der Waals surface area contributed by atoms with E-state index >= 15 is 0 Å². The molecule has 0 spiro atoms. The molecule has 0 unspecified atom stereocenters. The number of nitrogens with zero attached hydrogens (tertiary/aromatic N) is 3. The molecule has 0 N–H and O–H groups in total. The van der Waals surface area contributed by atoms with Crippen molar-refractivity contribution < 1.29 is 19.1 Å². The molecule has 2 atom stereocenters. The Morgan fingerprint density at radius 2 is 1.79 bits per heavy atom. The molecule has 7 nitrogen and oxygen atoms in total. The topological polar surface area (TPSA) is 81.6 Å². The van der Waals surface area contributed by atoms with Crippen LogP contribution in [0.25, 0.3) is 0 Å². The number of rotatable bonds is 6. The molecule has 1 saturated heterocycles. The zero-order chi connectivity index (χ0) is 21.0. The second-order valence-electron chi connectivity index (χ2n) is 7.40. The second kappa shape index (κ2) is 9.03. The lowest BCUT2D eigenvalue weighted by molar-refractivity contribution is 0.0596. The fourth-order valence-electron chi connectivity index (χ4n) is 3.92. The Morgan fingerprint density at radius 1 is 1.14 bits per heavy atom. The number of carbonyl (C=O) groups excluding carboxylic acids is 2. The highest BCUT2D eigenvalue weighted by Crippen LogP contribution is 2.29. The van der Waals surface area contributed by atoms with Crippen molar-refractivity contribution in [2.24, 2.45) is 0 Å². The van der Waals surface area contributed by atoms with E-state index in [1.165, 1.54) is 7.11 Å². The summed E-state index contributed by atoms with van der Waals surface area (Å²) in [5.41, 5.74) is 1.62. The maximum absolute atomic E-state index is 12.4. The van der Waals surface area contributed by atoms with Crippen LogP contribution in [0.3, 0.4) is 0 Å². The van der Waals surface area contributed by atoms with Crippen molar-refractivity contribution >= 4 is 18.2 Å². The molecule has 1 fully saturated rings. The van der Waals surface area contributed by atoms with Gasteiger partial charge < -0.3 is 14.4 Å². The van der Waals surface area contributed by atoms with Crippen molar-refractivity contribution in [3.8, 4) is 5.75 Å². The van der Waals surface area contributed by atoms with Gasteiger partial charge in [0.15, 0.2) is 6.29 Å². The Labute approximate surface area is 171 Å². The highest BCUT2D eigenvalue weighted by atomic mass is 16.5. The van der Waals surface area contributed by atoms with E-state index in [9.17, 15) is 9.59 Å². The minimum absolute atomic E-state index is 0.0651. The minimum atomic E-state index is -0.609. The van der Waals surface area contributed by atoms with Crippen LogP contribution in [0.4, 0.5) is 5.95 Å². The van der Waals surface area contributed by atoms with Crippen LogP contribution in [0.1, 0.15) is 65.2 Å². The monoisotopic (exact) mass is 397 g/mol. The maximum Gasteiger partial charge on any atom is 0.342 e. The molecule has 0 bridgehead atoms. The van der Waals surface area contributed by atoms with Crippen molar-refractivity contribution in [3.63, 3.8) is 0 Å². The van der Waals surface area contributed by atoms with Crippen molar-refractivity contribution in [1.82, 2.24) is 9.97 Å². The van der Waals surface area contributed by atoms with Gasteiger partial charge in [-0.1, -0.05) is 12.1 Å². The van der Waals surface area contributed by atoms with Gasteiger partial charge in [-0.05, 0) is 50.8 Å². The smallest absolute Gasteiger partial charge is 0.342 e. The minimum Gasteiger partial charge on any atom is -0.497 e. The lowest BCUT2D eigenvalue weighted by Crippen LogP contribution is -2.45. The van der Waals surface area contributed by atoms with Crippen LogP contribution in [0.2, 0.25) is 0 Å². The molecular formula is C22H27N3O4. The van der Waals surface area contributed by atoms with E-state index in [1.807, 2.05) is 24.3 Å². The van der Waals surface area contributed by atoms with E-state index in [2.05, 4.69) is 23.7 Å². The number of methoxy groups -OCH3 is 2. The summed E-state index contributed by atoms with van der Waals surface area (Å²) in [7, 11) is 2.90. The fraction of sp³-hybridized carbons (Fsp3) is 0.455. The number of aromatic nitrogens is 2. The summed E-state index contributed by atoms with van der Waals surface area (Å²) in [5.74, 6) is 0.625. The van der Waals surface area contributed by atoms with E-state index in [-0.39, 0.29) is 23.3 Å². The molecule has 2 heterocycles. The van der Waals surface area contributed by atoms with Crippen LogP contribution in [0.5, 0.6) is 5.75 Å². The number of hydrogen-bond acceptors (Lipinski definition) is 7. The van der Waals surface area contributed by atoms with Gasteiger partial charge in [-0.2, -0.15) is 0 Å². The van der Waals surface area contributed by atoms with Crippen molar-refractivity contribution in [2.75, 3.05) is 19.1 Å². The summed E-state index contributed by atoms with van der Waals surface area (Å²) in [6.45, 7) is 4.27. The number of ether oxygens (including phenoxy) is 2. The average Bonchev–Trinajstić information content (AvgIpc) is 2.73.